The second kappa shape index (κ2) is 6.54. The molecule has 19 heavy (non-hydrogen) atoms. The summed E-state index contributed by atoms with van der Waals surface area (Å²) >= 11 is 0. The van der Waals surface area contributed by atoms with Crippen LogP contribution in [0.4, 0.5) is 5.69 Å². The maximum absolute atomic E-state index is 11.2. The van der Waals surface area contributed by atoms with Gasteiger partial charge in [0.15, 0.2) is 6.61 Å². The topological polar surface area (TPSA) is 53.6 Å². The van der Waals surface area contributed by atoms with Crippen molar-refractivity contribution >= 4 is 11.6 Å². The fraction of sp³-hybridized carbons (Fsp3) is 0.500. The van der Waals surface area contributed by atoms with Crippen LogP contribution in [0.3, 0.4) is 0 Å². The van der Waals surface area contributed by atoms with Gasteiger partial charge >= 0.3 is 0 Å². The second-order valence-electron chi connectivity index (χ2n) is 4.74. The molecule has 0 saturated carbocycles. The lowest BCUT2D eigenvalue weighted by Crippen LogP contribution is -2.29. The smallest absolute Gasteiger partial charge is 0.262 e. The van der Waals surface area contributed by atoms with E-state index in [0.717, 1.165) is 43.2 Å². The zero-order chi connectivity index (χ0) is 13.7. The fourth-order valence-corrected chi connectivity index (χ4v) is 1.90. The first-order valence-electron chi connectivity index (χ1n) is 6.64. The Balaban J connectivity index is 1.84. The number of ether oxygens (including phenoxy) is 1. The van der Waals surface area contributed by atoms with E-state index < -0.39 is 0 Å². The van der Waals surface area contributed by atoms with E-state index in [1.165, 1.54) is 0 Å². The average molecular weight is 263 g/mol. The molecule has 1 aliphatic heterocycles. The van der Waals surface area contributed by atoms with Crippen LogP contribution in [0.5, 0.6) is 5.75 Å². The minimum atomic E-state index is -0.0952. The minimum Gasteiger partial charge on any atom is -0.482 e. The van der Waals surface area contributed by atoms with Crippen LogP contribution in [-0.2, 0) is 11.3 Å². The van der Waals surface area contributed by atoms with Crippen molar-refractivity contribution in [1.82, 2.24) is 10.2 Å². The van der Waals surface area contributed by atoms with Crippen molar-refractivity contribution in [3.63, 3.8) is 0 Å². The number of fused-ring (bicyclic) bond motifs is 1. The Labute approximate surface area is 113 Å². The standard InChI is InChI=1S/C14H21N3O2/c1-3-17(2)7-6-15-9-11-4-5-13-12(8-11)16-14(18)10-19-13/h4-5,8,15H,3,6-7,9-10H2,1-2H3,(H,16,18). The summed E-state index contributed by atoms with van der Waals surface area (Å²) in [4.78, 5) is 13.5. The van der Waals surface area contributed by atoms with E-state index in [1.807, 2.05) is 18.2 Å². The van der Waals surface area contributed by atoms with Crippen LogP contribution in [0.15, 0.2) is 18.2 Å². The zero-order valence-electron chi connectivity index (χ0n) is 11.5. The number of carbonyl (C=O) groups excluding carboxylic acids is 1. The molecule has 0 fully saturated rings. The first-order valence-corrected chi connectivity index (χ1v) is 6.64. The van der Waals surface area contributed by atoms with E-state index in [0.29, 0.717) is 0 Å². The van der Waals surface area contributed by atoms with E-state index in [4.69, 9.17) is 4.74 Å². The first-order chi connectivity index (χ1) is 9.19. The average Bonchev–Trinajstić information content (AvgIpc) is 2.42. The lowest BCUT2D eigenvalue weighted by molar-refractivity contribution is -0.118. The summed E-state index contributed by atoms with van der Waals surface area (Å²) in [5, 5.41) is 6.21. The van der Waals surface area contributed by atoms with Crippen LogP contribution in [0.25, 0.3) is 0 Å². The quantitative estimate of drug-likeness (QED) is 0.754. The highest BCUT2D eigenvalue weighted by Crippen LogP contribution is 2.28. The van der Waals surface area contributed by atoms with Gasteiger partial charge in [-0.05, 0) is 31.3 Å². The molecule has 5 nitrogen and oxygen atoms in total. The molecule has 0 saturated heterocycles. The van der Waals surface area contributed by atoms with Gasteiger partial charge in [-0.1, -0.05) is 13.0 Å². The van der Waals surface area contributed by atoms with E-state index in [2.05, 4.69) is 29.5 Å². The molecule has 2 rings (SSSR count). The zero-order valence-corrected chi connectivity index (χ0v) is 11.5. The van der Waals surface area contributed by atoms with Gasteiger partial charge < -0.3 is 20.3 Å². The first kappa shape index (κ1) is 13.8. The Morgan fingerprint density at radius 1 is 1.47 bits per heavy atom. The number of benzene rings is 1. The Kier molecular flexibility index (Phi) is 4.76. The molecule has 1 amide bonds. The molecule has 5 heteroatoms. The van der Waals surface area contributed by atoms with E-state index in [1.54, 1.807) is 0 Å². The number of carbonyl (C=O) groups is 1. The number of amides is 1. The molecular weight excluding hydrogens is 242 g/mol. The molecule has 0 bridgehead atoms. The van der Waals surface area contributed by atoms with Gasteiger partial charge in [0.1, 0.15) is 5.75 Å². The summed E-state index contributed by atoms with van der Waals surface area (Å²) in [6.07, 6.45) is 0. The molecule has 0 atom stereocenters. The molecule has 1 aliphatic rings. The predicted molar refractivity (Wildman–Crippen MR) is 75.4 cm³/mol. The molecule has 0 spiro atoms. The molecule has 104 valence electrons. The molecule has 2 N–H and O–H groups in total. The second-order valence-corrected chi connectivity index (χ2v) is 4.74. The van der Waals surface area contributed by atoms with Crippen LogP contribution in [0.2, 0.25) is 0 Å². The van der Waals surface area contributed by atoms with Crippen molar-refractivity contribution in [3.8, 4) is 5.75 Å². The Morgan fingerprint density at radius 3 is 3.11 bits per heavy atom. The van der Waals surface area contributed by atoms with Crippen molar-refractivity contribution in [3.05, 3.63) is 23.8 Å². The SMILES string of the molecule is CCN(C)CCNCc1ccc2c(c1)NC(=O)CO2. The maximum Gasteiger partial charge on any atom is 0.262 e. The highest BCUT2D eigenvalue weighted by Gasteiger charge is 2.15. The van der Waals surface area contributed by atoms with Gasteiger partial charge in [0.05, 0.1) is 5.69 Å². The third-order valence-electron chi connectivity index (χ3n) is 3.22. The number of nitrogens with one attached hydrogen (secondary N) is 2. The van der Waals surface area contributed by atoms with Gasteiger partial charge in [0.2, 0.25) is 0 Å². The van der Waals surface area contributed by atoms with Gasteiger partial charge in [-0.2, -0.15) is 0 Å². The third kappa shape index (κ3) is 3.94. The van der Waals surface area contributed by atoms with Crippen LogP contribution in [0.1, 0.15) is 12.5 Å². The van der Waals surface area contributed by atoms with Gasteiger partial charge in [-0.3, -0.25) is 4.79 Å². The molecule has 0 aromatic heterocycles. The van der Waals surface area contributed by atoms with Gasteiger partial charge in [0.25, 0.3) is 5.91 Å². The van der Waals surface area contributed by atoms with Crippen molar-refractivity contribution < 1.29 is 9.53 Å². The van der Waals surface area contributed by atoms with E-state index in [9.17, 15) is 4.79 Å². The molecule has 1 aromatic carbocycles. The Hall–Kier alpha value is -1.59. The number of hydrogen-bond donors (Lipinski definition) is 2. The lowest BCUT2D eigenvalue weighted by atomic mass is 10.1. The minimum absolute atomic E-state index is 0.0952. The summed E-state index contributed by atoms with van der Waals surface area (Å²) in [6, 6.07) is 5.89. The number of hydrogen-bond acceptors (Lipinski definition) is 4. The summed E-state index contributed by atoms with van der Waals surface area (Å²) in [6.45, 7) is 6.08. The summed E-state index contributed by atoms with van der Waals surface area (Å²) in [7, 11) is 2.10. The summed E-state index contributed by atoms with van der Waals surface area (Å²) in [5.41, 5.74) is 1.91. The normalized spacial score (nSPS) is 13.9. The van der Waals surface area contributed by atoms with Crippen molar-refractivity contribution in [2.75, 3.05) is 38.6 Å². The summed E-state index contributed by atoms with van der Waals surface area (Å²) in [5.74, 6) is 0.649. The highest BCUT2D eigenvalue weighted by atomic mass is 16.5. The van der Waals surface area contributed by atoms with Crippen LogP contribution >= 0.6 is 0 Å². The molecule has 0 aliphatic carbocycles. The van der Waals surface area contributed by atoms with Gasteiger partial charge in [0, 0.05) is 19.6 Å². The largest absolute Gasteiger partial charge is 0.482 e. The maximum atomic E-state index is 11.2. The Bertz CT molecular complexity index is 448. The molecular formula is C14H21N3O2. The lowest BCUT2D eigenvalue weighted by Gasteiger charge is -2.19. The monoisotopic (exact) mass is 263 g/mol. The number of nitrogens with zero attached hydrogens (tertiary/aromatic N) is 1. The van der Waals surface area contributed by atoms with Gasteiger partial charge in [-0.15, -0.1) is 0 Å². The molecule has 1 aromatic rings. The predicted octanol–water partition coefficient (Wildman–Crippen LogP) is 1.06. The van der Waals surface area contributed by atoms with E-state index in [-0.39, 0.29) is 12.5 Å². The number of rotatable bonds is 6. The van der Waals surface area contributed by atoms with Crippen molar-refractivity contribution in [2.24, 2.45) is 0 Å². The number of anilines is 1. The highest BCUT2D eigenvalue weighted by molar-refractivity contribution is 5.95. The van der Waals surface area contributed by atoms with E-state index >= 15 is 0 Å². The summed E-state index contributed by atoms with van der Waals surface area (Å²) < 4.78 is 5.32. The third-order valence-corrected chi connectivity index (χ3v) is 3.22. The molecule has 0 radical (unpaired) electrons. The van der Waals surface area contributed by atoms with Crippen LogP contribution in [0, 0.1) is 0 Å². The van der Waals surface area contributed by atoms with Crippen LogP contribution < -0.4 is 15.4 Å². The van der Waals surface area contributed by atoms with Crippen molar-refractivity contribution in [1.29, 1.82) is 0 Å². The molecule has 1 heterocycles. The fourth-order valence-electron chi connectivity index (χ4n) is 1.90. The van der Waals surface area contributed by atoms with Gasteiger partial charge in [-0.25, -0.2) is 0 Å². The Morgan fingerprint density at radius 2 is 2.32 bits per heavy atom. The van der Waals surface area contributed by atoms with Crippen LogP contribution in [-0.4, -0.2) is 44.1 Å². The van der Waals surface area contributed by atoms with Crippen molar-refractivity contribution in [2.45, 2.75) is 13.5 Å². The molecule has 0 unspecified atom stereocenters. The number of likely N-dealkylation sites (N-methyl/N-ethyl adjacent to an activating group) is 1.